The summed E-state index contributed by atoms with van der Waals surface area (Å²) in [5.74, 6) is 0.907. The standard InChI is InChI=1S/C34H44F3N9O3S2/c1-21(44-11-12-46(51(4,48)49)26(19-44)20-47)17-45-25(16-38)13-28-22(2)23(5-6-30(28)45)18-43-9-7-24(8-10-43)40-31-29-14-27(15-34(35,36)37)50-32(29)42-33(39-3)41-31/h5-6,13-14,21,24,26,47H,7-12,15,17-20H2,1-4H3,(H2,39,40,41,42)/t21-,26?/m0/s1. The number of nitrogens with one attached hydrogen (secondary N) is 2. The minimum Gasteiger partial charge on any atom is -0.395 e. The fourth-order valence-electron chi connectivity index (χ4n) is 7.36. The molecule has 0 saturated carbocycles. The third kappa shape index (κ3) is 8.26. The SMILES string of the molecule is CNc1nc(NC2CCN(Cc3ccc4c(cc(C#N)n4C[C@H](C)N4CCN(S(C)(=O)=O)C(CO)C4)c3C)CC2)c2cc(CC(F)(F)F)sc2n1. The van der Waals surface area contributed by atoms with E-state index in [2.05, 4.69) is 62.5 Å². The van der Waals surface area contributed by atoms with Crippen LogP contribution in [0.1, 0.15) is 41.5 Å². The number of aliphatic hydroxyl groups is 1. The number of aryl methyl sites for hydroxylation is 1. The van der Waals surface area contributed by atoms with Gasteiger partial charge in [0.25, 0.3) is 0 Å². The molecule has 0 radical (unpaired) electrons. The van der Waals surface area contributed by atoms with Crippen LogP contribution in [-0.4, -0.2) is 119 Å². The number of halogens is 3. The van der Waals surface area contributed by atoms with Crippen LogP contribution < -0.4 is 10.6 Å². The average molecular weight is 748 g/mol. The Labute approximate surface area is 299 Å². The summed E-state index contributed by atoms with van der Waals surface area (Å²) in [5.41, 5.74) is 3.83. The van der Waals surface area contributed by atoms with Crippen molar-refractivity contribution in [1.82, 2.24) is 28.6 Å². The Hall–Kier alpha value is -3.53. The van der Waals surface area contributed by atoms with E-state index < -0.39 is 28.7 Å². The number of nitrogens with zero attached hydrogens (tertiary/aromatic N) is 7. The van der Waals surface area contributed by atoms with Gasteiger partial charge in [-0.15, -0.1) is 11.3 Å². The highest BCUT2D eigenvalue weighted by molar-refractivity contribution is 7.88. The van der Waals surface area contributed by atoms with Crippen molar-refractivity contribution in [3.63, 3.8) is 0 Å². The Balaban J connectivity index is 1.11. The summed E-state index contributed by atoms with van der Waals surface area (Å²) in [6.45, 7) is 8.12. The maximum atomic E-state index is 13.1. The van der Waals surface area contributed by atoms with Gasteiger partial charge in [-0.25, -0.2) is 13.4 Å². The molecule has 2 saturated heterocycles. The van der Waals surface area contributed by atoms with Crippen LogP contribution in [0.5, 0.6) is 0 Å². The van der Waals surface area contributed by atoms with Crippen LogP contribution in [0, 0.1) is 18.3 Å². The summed E-state index contributed by atoms with van der Waals surface area (Å²) in [6.07, 6.45) is -2.45. The third-order valence-electron chi connectivity index (χ3n) is 10.1. The van der Waals surface area contributed by atoms with Crippen molar-refractivity contribution in [2.24, 2.45) is 0 Å². The smallest absolute Gasteiger partial charge is 0.393 e. The van der Waals surface area contributed by atoms with E-state index in [0.29, 0.717) is 53.9 Å². The topological polar surface area (TPSA) is 143 Å². The minimum atomic E-state index is -4.30. The van der Waals surface area contributed by atoms with Crippen LogP contribution in [0.3, 0.4) is 0 Å². The van der Waals surface area contributed by atoms with E-state index in [4.69, 9.17) is 0 Å². The molecular weight excluding hydrogens is 704 g/mol. The predicted octanol–water partition coefficient (Wildman–Crippen LogP) is 4.38. The van der Waals surface area contributed by atoms with E-state index in [-0.39, 0.29) is 23.6 Å². The fourth-order valence-corrected chi connectivity index (χ4v) is 9.50. The van der Waals surface area contributed by atoms with Gasteiger partial charge in [0.2, 0.25) is 16.0 Å². The van der Waals surface area contributed by atoms with Gasteiger partial charge < -0.3 is 20.3 Å². The molecule has 2 atom stereocenters. The van der Waals surface area contributed by atoms with Gasteiger partial charge in [0.1, 0.15) is 22.4 Å². The molecule has 1 unspecified atom stereocenters. The second-order valence-corrected chi connectivity index (χ2v) is 16.7. The Bertz CT molecular complexity index is 2040. The van der Waals surface area contributed by atoms with Crippen LogP contribution in [-0.2, 0) is 29.5 Å². The molecule has 2 aliphatic rings. The Kier molecular flexibility index (Phi) is 10.8. The number of nitriles is 1. The zero-order chi connectivity index (χ0) is 36.7. The number of piperidine rings is 1. The first-order valence-corrected chi connectivity index (χ1v) is 19.7. The van der Waals surface area contributed by atoms with Gasteiger partial charge in [-0.1, -0.05) is 6.07 Å². The lowest BCUT2D eigenvalue weighted by Crippen LogP contribution is -2.58. The number of benzene rings is 1. The highest BCUT2D eigenvalue weighted by Crippen LogP contribution is 2.35. The monoisotopic (exact) mass is 747 g/mol. The summed E-state index contributed by atoms with van der Waals surface area (Å²) in [5, 5.41) is 28.0. The van der Waals surface area contributed by atoms with Crippen LogP contribution in [0.15, 0.2) is 24.3 Å². The molecule has 1 aromatic carbocycles. The van der Waals surface area contributed by atoms with Gasteiger partial charge in [-0.2, -0.15) is 27.7 Å². The van der Waals surface area contributed by atoms with Gasteiger partial charge in [-0.05, 0) is 56.0 Å². The molecule has 0 aliphatic carbocycles. The molecule has 0 bridgehead atoms. The normalized spacial score (nSPS) is 19.5. The molecule has 0 amide bonds. The molecule has 51 heavy (non-hydrogen) atoms. The third-order valence-corrected chi connectivity index (χ3v) is 12.5. The van der Waals surface area contributed by atoms with E-state index in [1.165, 1.54) is 16.1 Å². The number of piperazine rings is 1. The number of anilines is 2. The van der Waals surface area contributed by atoms with Crippen molar-refractivity contribution in [3.05, 3.63) is 46.0 Å². The van der Waals surface area contributed by atoms with Gasteiger partial charge in [0.05, 0.1) is 30.7 Å². The lowest BCUT2D eigenvalue weighted by atomic mass is 10.0. The van der Waals surface area contributed by atoms with Crippen molar-refractivity contribution in [1.29, 1.82) is 5.26 Å². The molecule has 0 spiro atoms. The van der Waals surface area contributed by atoms with Gasteiger partial charge >= 0.3 is 6.18 Å². The van der Waals surface area contributed by atoms with E-state index in [1.54, 1.807) is 13.1 Å². The first-order chi connectivity index (χ1) is 24.2. The lowest BCUT2D eigenvalue weighted by Gasteiger charge is -2.42. The Morgan fingerprint density at radius 3 is 2.53 bits per heavy atom. The first kappa shape index (κ1) is 37.2. The molecule has 4 aromatic rings. The molecule has 2 fully saturated rings. The maximum Gasteiger partial charge on any atom is 0.393 e. The second kappa shape index (κ2) is 14.8. The molecule has 2 aliphatic heterocycles. The first-order valence-electron chi connectivity index (χ1n) is 17.0. The average Bonchev–Trinajstić information content (AvgIpc) is 3.65. The van der Waals surface area contributed by atoms with Crippen molar-refractivity contribution in [3.8, 4) is 6.07 Å². The highest BCUT2D eigenvalue weighted by atomic mass is 32.2. The zero-order valence-electron chi connectivity index (χ0n) is 29.2. The zero-order valence-corrected chi connectivity index (χ0v) is 30.8. The molecule has 3 N–H and O–H groups in total. The summed E-state index contributed by atoms with van der Waals surface area (Å²) < 4.78 is 67.1. The van der Waals surface area contributed by atoms with Crippen molar-refractivity contribution < 1.29 is 26.7 Å². The number of hydrogen-bond acceptors (Lipinski definition) is 11. The number of alkyl halides is 3. The fraction of sp³-hybridized carbons (Fsp3) is 0.559. The number of thiophene rings is 1. The van der Waals surface area contributed by atoms with Crippen molar-refractivity contribution in [2.75, 3.05) is 63.3 Å². The van der Waals surface area contributed by atoms with Crippen LogP contribution in [0.2, 0.25) is 0 Å². The van der Waals surface area contributed by atoms with E-state index >= 15 is 0 Å². The van der Waals surface area contributed by atoms with Crippen LogP contribution in [0.25, 0.3) is 21.1 Å². The van der Waals surface area contributed by atoms with E-state index in [0.717, 1.165) is 60.3 Å². The molecule has 276 valence electrons. The predicted molar refractivity (Wildman–Crippen MR) is 193 cm³/mol. The van der Waals surface area contributed by atoms with E-state index in [9.17, 15) is 32.0 Å². The number of hydrogen-bond donors (Lipinski definition) is 3. The molecule has 5 heterocycles. The number of rotatable bonds is 11. The van der Waals surface area contributed by atoms with Gasteiger partial charge in [0.15, 0.2) is 0 Å². The molecule has 6 rings (SSSR count). The number of aromatic nitrogens is 3. The van der Waals surface area contributed by atoms with Gasteiger partial charge in [-0.3, -0.25) is 9.80 Å². The summed E-state index contributed by atoms with van der Waals surface area (Å²) in [4.78, 5) is 14.2. The molecule has 3 aromatic heterocycles. The van der Waals surface area contributed by atoms with Gasteiger partial charge in [0, 0.05) is 80.7 Å². The number of aliphatic hydroxyl groups excluding tert-OH is 1. The number of fused-ring (bicyclic) bond motifs is 2. The Morgan fingerprint density at radius 2 is 1.88 bits per heavy atom. The van der Waals surface area contributed by atoms with Crippen molar-refractivity contribution >= 4 is 54.2 Å². The highest BCUT2D eigenvalue weighted by Gasteiger charge is 2.34. The van der Waals surface area contributed by atoms with Crippen LogP contribution in [0.4, 0.5) is 24.9 Å². The van der Waals surface area contributed by atoms with Crippen molar-refractivity contribution in [2.45, 2.75) is 70.5 Å². The molecule has 12 nitrogen and oxygen atoms in total. The maximum absolute atomic E-state index is 13.1. The van der Waals surface area contributed by atoms with Crippen LogP contribution >= 0.6 is 11.3 Å². The van der Waals surface area contributed by atoms with E-state index in [1.807, 2.05) is 10.6 Å². The molecule has 17 heteroatoms. The quantitative estimate of drug-likeness (QED) is 0.203. The molecular formula is C34H44F3N9O3S2. The second-order valence-electron chi connectivity index (χ2n) is 13.7. The Morgan fingerprint density at radius 1 is 1.14 bits per heavy atom. The summed E-state index contributed by atoms with van der Waals surface area (Å²) in [7, 11) is -1.73. The number of sulfonamides is 1. The largest absolute Gasteiger partial charge is 0.395 e. The lowest BCUT2D eigenvalue weighted by molar-refractivity contribution is -0.126. The summed E-state index contributed by atoms with van der Waals surface area (Å²) in [6, 6.07) is 9.66. The summed E-state index contributed by atoms with van der Waals surface area (Å²) >= 11 is 1.04. The number of likely N-dealkylation sites (tertiary alicyclic amines) is 1. The minimum absolute atomic E-state index is 0.00305.